The summed E-state index contributed by atoms with van der Waals surface area (Å²) in [7, 11) is 0. The molecule has 13 heavy (non-hydrogen) atoms. The molecule has 3 heteroatoms. The Hall–Kier alpha value is -1.51. The van der Waals surface area contributed by atoms with Crippen LogP contribution in [0.25, 0.3) is 0 Å². The Morgan fingerprint density at radius 1 is 1.38 bits per heavy atom. The molecule has 0 bridgehead atoms. The van der Waals surface area contributed by atoms with Crippen molar-refractivity contribution >= 4 is 6.21 Å². The Morgan fingerprint density at radius 3 is 3.08 bits per heavy atom. The maximum Gasteiger partial charge on any atom is 0.231 e. The van der Waals surface area contributed by atoms with Crippen LogP contribution in [0.1, 0.15) is 12.5 Å². The molecule has 2 rings (SSSR count). The lowest BCUT2D eigenvalue weighted by molar-refractivity contribution is 0.174. The standard InChI is InChI=1S/C10H11NO2/c1-2-11-6-8-3-4-9-10(5-8)13-7-12-9/h3-6H,2,7H2,1H3. The third-order valence-corrected chi connectivity index (χ3v) is 1.82. The minimum atomic E-state index is 0.323. The monoisotopic (exact) mass is 177 g/mol. The van der Waals surface area contributed by atoms with Crippen molar-refractivity contribution in [2.24, 2.45) is 4.99 Å². The molecule has 0 atom stereocenters. The van der Waals surface area contributed by atoms with Gasteiger partial charge in [-0.05, 0) is 30.7 Å². The van der Waals surface area contributed by atoms with Crippen LogP contribution in [0.5, 0.6) is 11.5 Å². The molecular formula is C10H11NO2. The summed E-state index contributed by atoms with van der Waals surface area (Å²) in [5.41, 5.74) is 1.05. The highest BCUT2D eigenvalue weighted by molar-refractivity contribution is 5.80. The molecule has 1 aliphatic heterocycles. The second-order valence-electron chi connectivity index (χ2n) is 2.74. The van der Waals surface area contributed by atoms with Crippen LogP contribution >= 0.6 is 0 Å². The number of ether oxygens (including phenoxy) is 2. The summed E-state index contributed by atoms with van der Waals surface area (Å²) in [6.07, 6.45) is 1.84. The smallest absolute Gasteiger partial charge is 0.231 e. The Kier molecular flexibility index (Phi) is 2.17. The van der Waals surface area contributed by atoms with Crippen molar-refractivity contribution in [2.75, 3.05) is 13.3 Å². The van der Waals surface area contributed by atoms with Crippen molar-refractivity contribution in [3.63, 3.8) is 0 Å². The van der Waals surface area contributed by atoms with Crippen LogP contribution in [0.4, 0.5) is 0 Å². The second-order valence-corrected chi connectivity index (χ2v) is 2.74. The van der Waals surface area contributed by atoms with E-state index in [4.69, 9.17) is 9.47 Å². The number of fused-ring (bicyclic) bond motifs is 1. The van der Waals surface area contributed by atoms with Gasteiger partial charge in [0, 0.05) is 12.8 Å². The maximum absolute atomic E-state index is 5.24. The maximum atomic E-state index is 5.24. The van der Waals surface area contributed by atoms with E-state index in [-0.39, 0.29) is 0 Å². The molecule has 0 unspecified atom stereocenters. The van der Waals surface area contributed by atoms with Gasteiger partial charge in [-0.2, -0.15) is 0 Å². The van der Waals surface area contributed by atoms with E-state index in [1.165, 1.54) is 0 Å². The molecule has 68 valence electrons. The molecule has 1 aromatic carbocycles. The second kappa shape index (κ2) is 3.47. The van der Waals surface area contributed by atoms with E-state index in [1.54, 1.807) is 0 Å². The van der Waals surface area contributed by atoms with E-state index in [9.17, 15) is 0 Å². The summed E-state index contributed by atoms with van der Waals surface area (Å²) in [5.74, 6) is 1.62. The first-order valence-corrected chi connectivity index (χ1v) is 4.29. The van der Waals surface area contributed by atoms with Crippen LogP contribution in [0.2, 0.25) is 0 Å². The molecule has 0 fully saturated rings. The highest BCUT2D eigenvalue weighted by Crippen LogP contribution is 2.31. The van der Waals surface area contributed by atoms with Gasteiger partial charge in [0.15, 0.2) is 11.5 Å². The molecule has 0 amide bonds. The fourth-order valence-electron chi connectivity index (χ4n) is 1.19. The number of rotatable bonds is 2. The zero-order valence-electron chi connectivity index (χ0n) is 7.49. The lowest BCUT2D eigenvalue weighted by Gasteiger charge is -1.96. The fourth-order valence-corrected chi connectivity index (χ4v) is 1.19. The summed E-state index contributed by atoms with van der Waals surface area (Å²) < 4.78 is 10.4. The first-order chi connectivity index (χ1) is 6.40. The van der Waals surface area contributed by atoms with E-state index < -0.39 is 0 Å². The average molecular weight is 177 g/mol. The van der Waals surface area contributed by atoms with Gasteiger partial charge < -0.3 is 9.47 Å². The van der Waals surface area contributed by atoms with Gasteiger partial charge in [-0.3, -0.25) is 4.99 Å². The molecule has 1 heterocycles. The predicted octanol–water partition coefficient (Wildman–Crippen LogP) is 1.85. The van der Waals surface area contributed by atoms with Crippen molar-refractivity contribution in [3.8, 4) is 11.5 Å². The van der Waals surface area contributed by atoms with Gasteiger partial charge in [0.1, 0.15) is 0 Å². The minimum absolute atomic E-state index is 0.323. The predicted molar refractivity (Wildman–Crippen MR) is 50.7 cm³/mol. The first kappa shape index (κ1) is 8.10. The van der Waals surface area contributed by atoms with Gasteiger partial charge in [0.05, 0.1) is 0 Å². The Balaban J connectivity index is 2.25. The summed E-state index contributed by atoms with van der Waals surface area (Å²) in [4.78, 5) is 4.15. The molecule has 0 radical (unpaired) electrons. The SMILES string of the molecule is CCN=Cc1ccc2c(c1)OCO2. The highest BCUT2D eigenvalue weighted by atomic mass is 16.7. The third-order valence-electron chi connectivity index (χ3n) is 1.82. The molecule has 0 N–H and O–H groups in total. The first-order valence-electron chi connectivity index (χ1n) is 4.29. The number of hydrogen-bond acceptors (Lipinski definition) is 3. The zero-order valence-corrected chi connectivity index (χ0v) is 7.49. The van der Waals surface area contributed by atoms with Crippen molar-refractivity contribution in [2.45, 2.75) is 6.92 Å². The van der Waals surface area contributed by atoms with E-state index >= 15 is 0 Å². The van der Waals surface area contributed by atoms with Crippen LogP contribution in [0.15, 0.2) is 23.2 Å². The molecule has 0 spiro atoms. The Morgan fingerprint density at radius 2 is 2.23 bits per heavy atom. The van der Waals surface area contributed by atoms with E-state index in [2.05, 4.69) is 4.99 Å². The Labute approximate surface area is 77.0 Å². The lowest BCUT2D eigenvalue weighted by Crippen LogP contribution is -1.92. The summed E-state index contributed by atoms with van der Waals surface area (Å²) >= 11 is 0. The van der Waals surface area contributed by atoms with Crippen molar-refractivity contribution in [1.29, 1.82) is 0 Å². The number of aliphatic imine (C=N–C) groups is 1. The summed E-state index contributed by atoms with van der Waals surface area (Å²) in [6, 6.07) is 5.80. The van der Waals surface area contributed by atoms with Crippen LogP contribution < -0.4 is 9.47 Å². The average Bonchev–Trinajstić information content (AvgIpc) is 2.61. The number of benzene rings is 1. The molecule has 0 aliphatic carbocycles. The molecule has 1 aliphatic rings. The highest BCUT2D eigenvalue weighted by Gasteiger charge is 2.11. The molecule has 1 aromatic rings. The van der Waals surface area contributed by atoms with Crippen molar-refractivity contribution < 1.29 is 9.47 Å². The summed E-state index contributed by atoms with van der Waals surface area (Å²) in [6.45, 7) is 3.13. The van der Waals surface area contributed by atoms with E-state index in [0.29, 0.717) is 6.79 Å². The molecule has 0 aromatic heterocycles. The molecule has 0 saturated carbocycles. The van der Waals surface area contributed by atoms with Crippen LogP contribution in [0.3, 0.4) is 0 Å². The normalized spacial score (nSPS) is 13.9. The van der Waals surface area contributed by atoms with Gasteiger partial charge in [0.2, 0.25) is 6.79 Å². The minimum Gasteiger partial charge on any atom is -0.454 e. The quantitative estimate of drug-likeness (QED) is 0.645. The van der Waals surface area contributed by atoms with Crippen molar-refractivity contribution in [1.82, 2.24) is 0 Å². The molecule has 0 saturated heterocycles. The topological polar surface area (TPSA) is 30.8 Å². The fraction of sp³-hybridized carbons (Fsp3) is 0.300. The third kappa shape index (κ3) is 1.64. The van der Waals surface area contributed by atoms with Crippen LogP contribution in [-0.2, 0) is 0 Å². The number of nitrogens with zero attached hydrogens (tertiary/aromatic N) is 1. The zero-order chi connectivity index (χ0) is 9.10. The Bertz CT molecular complexity index is 334. The van der Waals surface area contributed by atoms with Gasteiger partial charge in [0.25, 0.3) is 0 Å². The summed E-state index contributed by atoms with van der Waals surface area (Å²) in [5, 5.41) is 0. The van der Waals surface area contributed by atoms with Gasteiger partial charge in [-0.25, -0.2) is 0 Å². The van der Waals surface area contributed by atoms with Crippen LogP contribution in [0, 0.1) is 0 Å². The van der Waals surface area contributed by atoms with Crippen molar-refractivity contribution in [3.05, 3.63) is 23.8 Å². The van der Waals surface area contributed by atoms with Gasteiger partial charge in [-0.1, -0.05) is 0 Å². The van der Waals surface area contributed by atoms with E-state index in [0.717, 1.165) is 23.6 Å². The van der Waals surface area contributed by atoms with Gasteiger partial charge >= 0.3 is 0 Å². The molecular weight excluding hydrogens is 166 g/mol. The van der Waals surface area contributed by atoms with E-state index in [1.807, 2.05) is 31.3 Å². The molecule has 3 nitrogen and oxygen atoms in total. The van der Waals surface area contributed by atoms with Crippen LogP contribution in [-0.4, -0.2) is 19.6 Å². The number of hydrogen-bond donors (Lipinski definition) is 0. The van der Waals surface area contributed by atoms with Gasteiger partial charge in [-0.15, -0.1) is 0 Å². The largest absolute Gasteiger partial charge is 0.454 e. The lowest BCUT2D eigenvalue weighted by atomic mass is 10.2.